The Kier molecular flexibility index (Phi) is 5.19. The van der Waals surface area contributed by atoms with E-state index in [1.165, 1.54) is 70.6 Å². The number of rotatable bonds is 6. The molecular formula is C16H29. The predicted molar refractivity (Wildman–Crippen MR) is 71.2 cm³/mol. The van der Waals surface area contributed by atoms with Crippen molar-refractivity contribution in [2.24, 2.45) is 17.8 Å². The van der Waals surface area contributed by atoms with E-state index in [1.807, 2.05) is 0 Å². The second kappa shape index (κ2) is 6.67. The molecular weight excluding hydrogens is 192 g/mol. The van der Waals surface area contributed by atoms with E-state index in [0.29, 0.717) is 0 Å². The van der Waals surface area contributed by atoms with Crippen LogP contribution in [0.3, 0.4) is 0 Å². The van der Waals surface area contributed by atoms with Crippen molar-refractivity contribution in [1.82, 2.24) is 0 Å². The Morgan fingerprint density at radius 1 is 1.00 bits per heavy atom. The molecule has 0 spiro atoms. The monoisotopic (exact) mass is 221 g/mol. The van der Waals surface area contributed by atoms with Gasteiger partial charge >= 0.3 is 0 Å². The SMILES string of the molecule is CC([CH]C1CCCC1)CCCC1CCCC1. The Bertz CT molecular complexity index is 172. The molecule has 2 rings (SSSR count). The van der Waals surface area contributed by atoms with Gasteiger partial charge in [0.1, 0.15) is 0 Å². The fourth-order valence-electron chi connectivity index (χ4n) is 3.74. The van der Waals surface area contributed by atoms with Crippen molar-refractivity contribution in [2.45, 2.75) is 77.6 Å². The first-order valence-electron chi connectivity index (χ1n) is 7.69. The van der Waals surface area contributed by atoms with Gasteiger partial charge in [0.2, 0.25) is 0 Å². The fourth-order valence-corrected chi connectivity index (χ4v) is 3.74. The quantitative estimate of drug-likeness (QED) is 0.565. The topological polar surface area (TPSA) is 0 Å². The maximum atomic E-state index is 2.67. The molecule has 16 heavy (non-hydrogen) atoms. The number of hydrogen-bond donors (Lipinski definition) is 0. The predicted octanol–water partition coefficient (Wildman–Crippen LogP) is 5.38. The summed E-state index contributed by atoms with van der Waals surface area (Å²) in [6.07, 6.45) is 19.1. The maximum Gasteiger partial charge on any atom is -0.0326 e. The first-order valence-corrected chi connectivity index (χ1v) is 7.69. The highest BCUT2D eigenvalue weighted by Crippen LogP contribution is 2.32. The summed E-state index contributed by atoms with van der Waals surface area (Å²) in [6.45, 7) is 2.44. The zero-order valence-corrected chi connectivity index (χ0v) is 11.1. The smallest absolute Gasteiger partial charge is 0.0326 e. The van der Waals surface area contributed by atoms with Gasteiger partial charge in [-0.25, -0.2) is 0 Å². The average molecular weight is 221 g/mol. The van der Waals surface area contributed by atoms with Crippen LogP contribution in [-0.4, -0.2) is 0 Å². The summed E-state index contributed by atoms with van der Waals surface area (Å²) in [5, 5.41) is 0. The molecule has 0 aromatic rings. The second-order valence-corrected chi connectivity index (χ2v) is 6.30. The lowest BCUT2D eigenvalue weighted by atomic mass is 9.89. The lowest BCUT2D eigenvalue weighted by Gasteiger charge is -2.16. The van der Waals surface area contributed by atoms with E-state index in [1.54, 1.807) is 0 Å². The van der Waals surface area contributed by atoms with Gasteiger partial charge in [0.25, 0.3) is 0 Å². The van der Waals surface area contributed by atoms with E-state index in [0.717, 1.165) is 17.8 Å². The molecule has 0 aliphatic heterocycles. The largest absolute Gasteiger partial charge is 0.0622 e. The third kappa shape index (κ3) is 4.11. The highest BCUT2D eigenvalue weighted by atomic mass is 14.2. The van der Waals surface area contributed by atoms with Crippen molar-refractivity contribution in [3.05, 3.63) is 6.42 Å². The molecule has 93 valence electrons. The fraction of sp³-hybridized carbons (Fsp3) is 0.938. The normalized spacial score (nSPS) is 25.3. The van der Waals surface area contributed by atoms with Gasteiger partial charge in [-0.1, -0.05) is 77.6 Å². The minimum Gasteiger partial charge on any atom is -0.0622 e. The van der Waals surface area contributed by atoms with Crippen molar-refractivity contribution in [1.29, 1.82) is 0 Å². The summed E-state index contributed by atoms with van der Waals surface area (Å²) < 4.78 is 0. The molecule has 0 saturated heterocycles. The van der Waals surface area contributed by atoms with Gasteiger partial charge in [0.15, 0.2) is 0 Å². The summed E-state index contributed by atoms with van der Waals surface area (Å²) >= 11 is 0. The molecule has 2 aliphatic rings. The third-order valence-electron chi connectivity index (χ3n) is 4.75. The lowest BCUT2D eigenvalue weighted by Crippen LogP contribution is -2.05. The Labute approximate surface area is 102 Å². The zero-order valence-electron chi connectivity index (χ0n) is 11.1. The molecule has 0 nitrogen and oxygen atoms in total. The van der Waals surface area contributed by atoms with Gasteiger partial charge in [-0.3, -0.25) is 0 Å². The van der Waals surface area contributed by atoms with Crippen LogP contribution in [-0.2, 0) is 0 Å². The summed E-state index contributed by atoms with van der Waals surface area (Å²) in [7, 11) is 0. The van der Waals surface area contributed by atoms with E-state index in [2.05, 4.69) is 13.3 Å². The van der Waals surface area contributed by atoms with Crippen LogP contribution in [0, 0.1) is 24.2 Å². The standard InChI is InChI=1S/C16H29/c1-14(13-16-10-4-5-11-16)7-6-12-15-8-2-3-9-15/h13-16H,2-12H2,1H3. The van der Waals surface area contributed by atoms with Crippen LogP contribution in [0.5, 0.6) is 0 Å². The van der Waals surface area contributed by atoms with Crippen molar-refractivity contribution < 1.29 is 0 Å². The van der Waals surface area contributed by atoms with Crippen molar-refractivity contribution >= 4 is 0 Å². The third-order valence-corrected chi connectivity index (χ3v) is 4.75. The van der Waals surface area contributed by atoms with Crippen molar-refractivity contribution in [3.63, 3.8) is 0 Å². The molecule has 0 bridgehead atoms. The van der Waals surface area contributed by atoms with Crippen LogP contribution in [0.4, 0.5) is 0 Å². The Hall–Kier alpha value is 0. The summed E-state index contributed by atoms with van der Waals surface area (Å²) in [5.74, 6) is 2.95. The minimum atomic E-state index is 0.879. The van der Waals surface area contributed by atoms with Crippen molar-refractivity contribution in [3.8, 4) is 0 Å². The second-order valence-electron chi connectivity index (χ2n) is 6.30. The van der Waals surface area contributed by atoms with Crippen LogP contribution in [0.25, 0.3) is 0 Å². The van der Waals surface area contributed by atoms with Gasteiger partial charge in [0.05, 0.1) is 0 Å². The molecule has 0 amide bonds. The molecule has 1 radical (unpaired) electrons. The summed E-state index contributed by atoms with van der Waals surface area (Å²) in [5.41, 5.74) is 0. The first-order chi connectivity index (χ1) is 7.84. The Morgan fingerprint density at radius 3 is 2.31 bits per heavy atom. The molecule has 2 saturated carbocycles. The van der Waals surface area contributed by atoms with E-state index in [-0.39, 0.29) is 0 Å². The molecule has 1 unspecified atom stereocenters. The average Bonchev–Trinajstić information content (AvgIpc) is 2.90. The molecule has 0 heterocycles. The zero-order chi connectivity index (χ0) is 11.2. The van der Waals surface area contributed by atoms with Gasteiger partial charge in [-0.15, -0.1) is 0 Å². The maximum absolute atomic E-state index is 2.67. The van der Waals surface area contributed by atoms with Crippen LogP contribution in [0.1, 0.15) is 77.6 Å². The van der Waals surface area contributed by atoms with Crippen LogP contribution in [0.2, 0.25) is 0 Å². The van der Waals surface area contributed by atoms with E-state index < -0.39 is 0 Å². The molecule has 0 aromatic heterocycles. The van der Waals surface area contributed by atoms with E-state index in [9.17, 15) is 0 Å². The number of hydrogen-bond acceptors (Lipinski definition) is 0. The molecule has 0 N–H and O–H groups in total. The van der Waals surface area contributed by atoms with E-state index >= 15 is 0 Å². The highest BCUT2D eigenvalue weighted by Gasteiger charge is 2.19. The van der Waals surface area contributed by atoms with Gasteiger partial charge < -0.3 is 0 Å². The van der Waals surface area contributed by atoms with Crippen LogP contribution < -0.4 is 0 Å². The van der Waals surface area contributed by atoms with E-state index in [4.69, 9.17) is 0 Å². The molecule has 1 atom stereocenters. The Morgan fingerprint density at radius 2 is 1.62 bits per heavy atom. The molecule has 2 fully saturated rings. The van der Waals surface area contributed by atoms with Gasteiger partial charge in [-0.2, -0.15) is 0 Å². The van der Waals surface area contributed by atoms with Crippen LogP contribution in [0.15, 0.2) is 0 Å². The lowest BCUT2D eigenvalue weighted by molar-refractivity contribution is 0.426. The van der Waals surface area contributed by atoms with Gasteiger partial charge in [0, 0.05) is 0 Å². The first kappa shape index (κ1) is 12.5. The van der Waals surface area contributed by atoms with Crippen LogP contribution >= 0.6 is 0 Å². The molecule has 0 heteroatoms. The van der Waals surface area contributed by atoms with Crippen molar-refractivity contribution in [2.75, 3.05) is 0 Å². The molecule has 2 aliphatic carbocycles. The highest BCUT2D eigenvalue weighted by molar-refractivity contribution is 4.84. The van der Waals surface area contributed by atoms with Gasteiger partial charge in [-0.05, 0) is 24.2 Å². The Balaban J connectivity index is 1.51. The summed E-state index contributed by atoms with van der Waals surface area (Å²) in [6, 6.07) is 0. The molecule has 0 aromatic carbocycles. The minimum absolute atomic E-state index is 0.879. The summed E-state index contributed by atoms with van der Waals surface area (Å²) in [4.78, 5) is 0.